The number of rotatable bonds is 4. The van der Waals surface area contributed by atoms with Crippen molar-refractivity contribution >= 4 is 17.6 Å². The number of aryl methyl sites for hydroxylation is 1. The molecule has 104 valence electrons. The highest BCUT2D eigenvalue weighted by molar-refractivity contribution is 5.90. The molecule has 0 aliphatic heterocycles. The molecule has 1 aromatic heterocycles. The Hall–Kier alpha value is -2.70. The van der Waals surface area contributed by atoms with Gasteiger partial charge in [0.05, 0.1) is 7.11 Å². The van der Waals surface area contributed by atoms with E-state index >= 15 is 0 Å². The first-order valence-electron chi connectivity index (χ1n) is 5.93. The molecule has 0 aliphatic rings. The van der Waals surface area contributed by atoms with Gasteiger partial charge in [0, 0.05) is 5.69 Å². The number of benzene rings is 1. The van der Waals surface area contributed by atoms with Gasteiger partial charge in [0.2, 0.25) is 5.91 Å². The number of hydrogen-bond donors (Lipinski definition) is 1. The zero-order chi connectivity index (χ0) is 14.5. The molecule has 20 heavy (non-hydrogen) atoms. The van der Waals surface area contributed by atoms with Gasteiger partial charge in [-0.3, -0.25) is 4.79 Å². The molecule has 2 rings (SSSR count). The quantitative estimate of drug-likeness (QED) is 0.841. The zero-order valence-corrected chi connectivity index (χ0v) is 11.2. The van der Waals surface area contributed by atoms with E-state index in [4.69, 9.17) is 0 Å². The lowest BCUT2D eigenvalue weighted by atomic mass is 10.2. The first-order valence-corrected chi connectivity index (χ1v) is 5.93. The zero-order valence-electron chi connectivity index (χ0n) is 11.2. The molecule has 0 bridgehead atoms. The third kappa shape index (κ3) is 3.41. The number of aromatic nitrogens is 3. The third-order valence-corrected chi connectivity index (χ3v) is 2.55. The Kier molecular flexibility index (Phi) is 4.09. The van der Waals surface area contributed by atoms with Crippen LogP contribution in [0.5, 0.6) is 0 Å². The van der Waals surface area contributed by atoms with Gasteiger partial charge in [-0.15, -0.1) is 5.10 Å². The number of nitrogens with zero attached hydrogens (tertiary/aromatic N) is 3. The molecule has 0 atom stereocenters. The van der Waals surface area contributed by atoms with Crippen molar-refractivity contribution < 1.29 is 14.3 Å². The Morgan fingerprint density at radius 1 is 1.30 bits per heavy atom. The van der Waals surface area contributed by atoms with Crippen molar-refractivity contribution in [3.63, 3.8) is 0 Å². The number of nitrogens with one attached hydrogen (secondary N) is 1. The Bertz CT molecular complexity index is 619. The molecule has 1 amide bonds. The lowest BCUT2D eigenvalue weighted by Crippen LogP contribution is -2.19. The molecule has 0 fully saturated rings. The number of carbonyl (C=O) groups excluding carboxylic acids is 2. The smallest absolute Gasteiger partial charge is 0.377 e. The second-order valence-electron chi connectivity index (χ2n) is 4.17. The van der Waals surface area contributed by atoms with Gasteiger partial charge in [0.25, 0.3) is 5.82 Å². The largest absolute Gasteiger partial charge is 0.463 e. The van der Waals surface area contributed by atoms with E-state index in [1.165, 1.54) is 18.1 Å². The molecular weight excluding hydrogens is 260 g/mol. The van der Waals surface area contributed by atoms with Gasteiger partial charge in [0.15, 0.2) is 0 Å². The predicted octanol–water partition coefficient (Wildman–Crippen LogP) is 1.01. The van der Waals surface area contributed by atoms with Crippen molar-refractivity contribution in [3.05, 3.63) is 42.0 Å². The molecule has 7 heteroatoms. The summed E-state index contributed by atoms with van der Waals surface area (Å²) in [6.07, 6.45) is 1.31. The minimum absolute atomic E-state index is 0.0299. The second kappa shape index (κ2) is 5.96. The van der Waals surface area contributed by atoms with Gasteiger partial charge in [-0.05, 0) is 19.1 Å². The fourth-order valence-corrected chi connectivity index (χ4v) is 1.54. The maximum Gasteiger partial charge on any atom is 0.377 e. The molecule has 1 aromatic carbocycles. The van der Waals surface area contributed by atoms with Crippen molar-refractivity contribution in [2.24, 2.45) is 0 Å². The van der Waals surface area contributed by atoms with E-state index in [1.807, 2.05) is 31.2 Å². The van der Waals surface area contributed by atoms with Gasteiger partial charge in [-0.2, -0.15) is 0 Å². The third-order valence-electron chi connectivity index (χ3n) is 2.55. The van der Waals surface area contributed by atoms with E-state index in [0.717, 1.165) is 5.56 Å². The van der Waals surface area contributed by atoms with Gasteiger partial charge in [-0.1, -0.05) is 17.7 Å². The fraction of sp³-hybridized carbons (Fsp3) is 0.231. The monoisotopic (exact) mass is 274 g/mol. The summed E-state index contributed by atoms with van der Waals surface area (Å²) in [4.78, 5) is 26.7. The molecule has 0 spiro atoms. The van der Waals surface area contributed by atoms with Gasteiger partial charge < -0.3 is 10.1 Å². The summed E-state index contributed by atoms with van der Waals surface area (Å²) in [7, 11) is 1.24. The van der Waals surface area contributed by atoms with Gasteiger partial charge in [-0.25, -0.2) is 14.5 Å². The minimum atomic E-state index is -0.636. The van der Waals surface area contributed by atoms with Crippen molar-refractivity contribution in [3.8, 4) is 0 Å². The summed E-state index contributed by atoms with van der Waals surface area (Å²) in [6.45, 7) is 1.94. The van der Waals surface area contributed by atoms with Crippen LogP contribution in [0.3, 0.4) is 0 Å². The summed E-state index contributed by atoms with van der Waals surface area (Å²) in [5, 5.41) is 6.57. The van der Waals surface area contributed by atoms with Gasteiger partial charge in [0.1, 0.15) is 12.9 Å². The Labute approximate surface area is 115 Å². The fourth-order valence-electron chi connectivity index (χ4n) is 1.54. The van der Waals surface area contributed by atoms with Crippen LogP contribution in [0, 0.1) is 6.92 Å². The summed E-state index contributed by atoms with van der Waals surface area (Å²) in [5.41, 5.74) is 1.82. The molecule has 0 unspecified atom stereocenters. The van der Waals surface area contributed by atoms with Crippen molar-refractivity contribution in [2.75, 3.05) is 12.4 Å². The standard InChI is InChI=1S/C13H14N4O3/c1-9-3-5-10(6-4-9)15-11(18)7-17-8-14-12(16-17)13(19)20-2/h3-6,8H,7H2,1-2H3,(H,15,18). The molecule has 0 saturated heterocycles. The van der Waals surface area contributed by atoms with E-state index < -0.39 is 5.97 Å². The van der Waals surface area contributed by atoms with E-state index in [-0.39, 0.29) is 18.3 Å². The molecule has 1 N–H and O–H groups in total. The Morgan fingerprint density at radius 2 is 2.00 bits per heavy atom. The SMILES string of the molecule is COC(=O)c1ncn(CC(=O)Nc2ccc(C)cc2)n1. The highest BCUT2D eigenvalue weighted by Crippen LogP contribution is 2.08. The number of ether oxygens (including phenoxy) is 1. The molecule has 0 aliphatic carbocycles. The summed E-state index contributed by atoms with van der Waals surface area (Å²) in [5.74, 6) is -0.964. The molecule has 0 saturated carbocycles. The highest BCUT2D eigenvalue weighted by Gasteiger charge is 2.12. The van der Waals surface area contributed by atoms with Crippen LogP contribution in [0.1, 0.15) is 16.2 Å². The summed E-state index contributed by atoms with van der Waals surface area (Å²) in [6, 6.07) is 7.43. The van der Waals surface area contributed by atoms with Gasteiger partial charge >= 0.3 is 5.97 Å². The first kappa shape index (κ1) is 13.7. The predicted molar refractivity (Wildman–Crippen MR) is 71.2 cm³/mol. The first-order chi connectivity index (χ1) is 9.58. The Balaban J connectivity index is 1.96. The molecule has 1 heterocycles. The normalized spacial score (nSPS) is 10.1. The van der Waals surface area contributed by atoms with Crippen molar-refractivity contribution in [1.29, 1.82) is 0 Å². The second-order valence-corrected chi connectivity index (χ2v) is 4.17. The highest BCUT2D eigenvalue weighted by atomic mass is 16.5. The number of esters is 1. The van der Waals surface area contributed by atoms with Crippen molar-refractivity contribution in [1.82, 2.24) is 14.8 Å². The molecular formula is C13H14N4O3. The number of methoxy groups -OCH3 is 1. The summed E-state index contributed by atoms with van der Waals surface area (Å²) < 4.78 is 5.76. The van der Waals surface area contributed by atoms with Crippen LogP contribution in [0.15, 0.2) is 30.6 Å². The number of amides is 1. The molecule has 0 radical (unpaired) electrons. The number of anilines is 1. The molecule has 2 aromatic rings. The maximum absolute atomic E-state index is 11.8. The lowest BCUT2D eigenvalue weighted by Gasteiger charge is -2.05. The van der Waals surface area contributed by atoms with Crippen LogP contribution >= 0.6 is 0 Å². The van der Waals surface area contributed by atoms with E-state index in [0.29, 0.717) is 5.69 Å². The van der Waals surface area contributed by atoms with E-state index in [1.54, 1.807) is 0 Å². The van der Waals surface area contributed by atoms with Crippen LogP contribution in [0.2, 0.25) is 0 Å². The average Bonchev–Trinajstić information content (AvgIpc) is 2.89. The number of carbonyl (C=O) groups is 2. The number of hydrogen-bond acceptors (Lipinski definition) is 5. The van der Waals surface area contributed by atoms with Crippen LogP contribution in [-0.4, -0.2) is 33.8 Å². The topological polar surface area (TPSA) is 86.1 Å². The maximum atomic E-state index is 11.8. The van der Waals surface area contributed by atoms with Crippen LogP contribution in [-0.2, 0) is 16.1 Å². The summed E-state index contributed by atoms with van der Waals surface area (Å²) >= 11 is 0. The minimum Gasteiger partial charge on any atom is -0.463 e. The van der Waals surface area contributed by atoms with Crippen LogP contribution < -0.4 is 5.32 Å². The lowest BCUT2D eigenvalue weighted by molar-refractivity contribution is -0.116. The Morgan fingerprint density at radius 3 is 2.65 bits per heavy atom. The van der Waals surface area contributed by atoms with Crippen LogP contribution in [0.25, 0.3) is 0 Å². The van der Waals surface area contributed by atoms with Crippen LogP contribution in [0.4, 0.5) is 5.69 Å². The average molecular weight is 274 g/mol. The van der Waals surface area contributed by atoms with Crippen molar-refractivity contribution in [2.45, 2.75) is 13.5 Å². The van der Waals surface area contributed by atoms with E-state index in [2.05, 4.69) is 20.1 Å². The molecule has 7 nitrogen and oxygen atoms in total. The van der Waals surface area contributed by atoms with E-state index in [9.17, 15) is 9.59 Å².